The monoisotopic (exact) mass is 247 g/mol. The molecule has 2 aliphatic rings. The fourth-order valence-corrected chi connectivity index (χ4v) is 4.44. The summed E-state index contributed by atoms with van der Waals surface area (Å²) in [6, 6.07) is 0.149. The quantitative estimate of drug-likeness (QED) is 0.763. The molecule has 0 bridgehead atoms. The van der Waals surface area contributed by atoms with Crippen LogP contribution in [-0.2, 0) is 10.2 Å². The van der Waals surface area contributed by atoms with Gasteiger partial charge in [0, 0.05) is 25.7 Å². The molecule has 2 rings (SSSR count). The Labute approximate surface area is 97.8 Å². The Morgan fingerprint density at radius 1 is 1.31 bits per heavy atom. The molecule has 94 valence electrons. The van der Waals surface area contributed by atoms with Crippen molar-refractivity contribution >= 4 is 10.2 Å². The third kappa shape index (κ3) is 2.11. The van der Waals surface area contributed by atoms with E-state index < -0.39 is 10.2 Å². The second kappa shape index (κ2) is 4.60. The predicted molar refractivity (Wildman–Crippen MR) is 63.1 cm³/mol. The molecule has 2 heterocycles. The summed E-state index contributed by atoms with van der Waals surface area (Å²) in [6.07, 6.45) is 3.10. The Balaban J connectivity index is 2.02. The minimum atomic E-state index is -3.21. The van der Waals surface area contributed by atoms with Gasteiger partial charge in [0.25, 0.3) is 10.2 Å². The van der Waals surface area contributed by atoms with Gasteiger partial charge in [0.05, 0.1) is 0 Å². The van der Waals surface area contributed by atoms with Crippen LogP contribution in [0.4, 0.5) is 0 Å². The van der Waals surface area contributed by atoms with Crippen molar-refractivity contribution in [2.45, 2.75) is 32.2 Å². The second-order valence-electron chi connectivity index (χ2n) is 4.88. The van der Waals surface area contributed by atoms with Crippen LogP contribution in [0.15, 0.2) is 0 Å². The second-order valence-corrected chi connectivity index (χ2v) is 6.76. The standard InChI is InChI=1S/C10H21N3O2S/c1-9-4-2-3-5-13(9)16(14,15)12-7-10(6-11)8-12/h9-10H,2-8,11H2,1H3. The molecule has 2 N–H and O–H groups in total. The molecule has 2 aliphatic heterocycles. The lowest BCUT2D eigenvalue weighted by Crippen LogP contribution is -2.58. The molecule has 0 aromatic heterocycles. The summed E-state index contributed by atoms with van der Waals surface area (Å²) in [5.41, 5.74) is 5.51. The van der Waals surface area contributed by atoms with Gasteiger partial charge in [-0.25, -0.2) is 0 Å². The van der Waals surface area contributed by atoms with Crippen LogP contribution >= 0.6 is 0 Å². The van der Waals surface area contributed by atoms with Crippen molar-refractivity contribution in [3.8, 4) is 0 Å². The van der Waals surface area contributed by atoms with E-state index in [4.69, 9.17) is 5.73 Å². The first-order valence-corrected chi connectivity index (χ1v) is 7.42. The van der Waals surface area contributed by atoms with E-state index in [1.54, 1.807) is 8.61 Å². The smallest absolute Gasteiger partial charge is 0.282 e. The lowest BCUT2D eigenvalue weighted by Gasteiger charge is -2.43. The molecule has 0 spiro atoms. The van der Waals surface area contributed by atoms with Crippen molar-refractivity contribution in [3.63, 3.8) is 0 Å². The summed E-state index contributed by atoms with van der Waals surface area (Å²) in [6.45, 7) is 4.45. The van der Waals surface area contributed by atoms with Crippen molar-refractivity contribution in [2.75, 3.05) is 26.2 Å². The summed E-state index contributed by atoms with van der Waals surface area (Å²) >= 11 is 0. The summed E-state index contributed by atoms with van der Waals surface area (Å²) in [5.74, 6) is 0.356. The Bertz CT molecular complexity index is 338. The first-order chi connectivity index (χ1) is 7.55. The van der Waals surface area contributed by atoms with Crippen molar-refractivity contribution < 1.29 is 8.42 Å². The minimum Gasteiger partial charge on any atom is -0.330 e. The maximum Gasteiger partial charge on any atom is 0.282 e. The summed E-state index contributed by atoms with van der Waals surface area (Å²) < 4.78 is 27.7. The Morgan fingerprint density at radius 2 is 2.00 bits per heavy atom. The van der Waals surface area contributed by atoms with E-state index in [0.717, 1.165) is 19.3 Å². The van der Waals surface area contributed by atoms with Crippen LogP contribution in [0.3, 0.4) is 0 Å². The molecule has 1 unspecified atom stereocenters. The van der Waals surface area contributed by atoms with E-state index in [9.17, 15) is 8.42 Å². The minimum absolute atomic E-state index is 0.149. The highest BCUT2D eigenvalue weighted by Crippen LogP contribution is 2.26. The molecule has 2 saturated heterocycles. The largest absolute Gasteiger partial charge is 0.330 e. The zero-order valence-corrected chi connectivity index (χ0v) is 10.6. The fourth-order valence-electron chi connectivity index (χ4n) is 2.42. The van der Waals surface area contributed by atoms with E-state index in [1.807, 2.05) is 6.92 Å². The molecule has 16 heavy (non-hydrogen) atoms. The van der Waals surface area contributed by atoms with Crippen LogP contribution in [0, 0.1) is 5.92 Å². The molecule has 1 atom stereocenters. The van der Waals surface area contributed by atoms with Gasteiger partial charge in [-0.05, 0) is 32.2 Å². The average molecular weight is 247 g/mol. The molecule has 0 aromatic rings. The maximum absolute atomic E-state index is 12.3. The van der Waals surface area contributed by atoms with Crippen molar-refractivity contribution in [1.82, 2.24) is 8.61 Å². The SMILES string of the molecule is CC1CCCCN1S(=O)(=O)N1CC(CN)C1. The van der Waals surface area contributed by atoms with Gasteiger partial charge < -0.3 is 5.73 Å². The zero-order valence-electron chi connectivity index (χ0n) is 9.80. The van der Waals surface area contributed by atoms with Gasteiger partial charge in [-0.1, -0.05) is 6.42 Å². The van der Waals surface area contributed by atoms with E-state index in [2.05, 4.69) is 0 Å². The normalized spacial score (nSPS) is 30.2. The van der Waals surface area contributed by atoms with Gasteiger partial charge in [0.2, 0.25) is 0 Å². The number of hydrogen-bond acceptors (Lipinski definition) is 3. The topological polar surface area (TPSA) is 66.6 Å². The van der Waals surface area contributed by atoms with Crippen LogP contribution in [0.25, 0.3) is 0 Å². The molecule has 0 radical (unpaired) electrons. The highest BCUT2D eigenvalue weighted by Gasteiger charge is 2.40. The van der Waals surface area contributed by atoms with Crippen molar-refractivity contribution in [3.05, 3.63) is 0 Å². The number of piperidine rings is 1. The number of nitrogens with two attached hydrogens (primary N) is 1. The summed E-state index contributed by atoms with van der Waals surface area (Å²) in [5, 5.41) is 0. The molecule has 5 nitrogen and oxygen atoms in total. The predicted octanol–water partition coefficient (Wildman–Crippen LogP) is -0.00390. The van der Waals surface area contributed by atoms with E-state index in [-0.39, 0.29) is 6.04 Å². The van der Waals surface area contributed by atoms with Gasteiger partial charge in [0.15, 0.2) is 0 Å². The number of nitrogens with zero attached hydrogens (tertiary/aromatic N) is 2. The van der Waals surface area contributed by atoms with E-state index in [1.165, 1.54) is 0 Å². The molecule has 0 aliphatic carbocycles. The van der Waals surface area contributed by atoms with E-state index in [0.29, 0.717) is 32.1 Å². The molecule has 2 fully saturated rings. The van der Waals surface area contributed by atoms with Crippen LogP contribution in [0.1, 0.15) is 26.2 Å². The molecule has 0 aromatic carbocycles. The Hall–Kier alpha value is -0.170. The molecule has 0 saturated carbocycles. The number of rotatable bonds is 3. The van der Waals surface area contributed by atoms with Gasteiger partial charge in [-0.3, -0.25) is 0 Å². The molecule has 6 heteroatoms. The zero-order chi connectivity index (χ0) is 11.8. The van der Waals surface area contributed by atoms with Crippen LogP contribution in [0.2, 0.25) is 0 Å². The van der Waals surface area contributed by atoms with E-state index >= 15 is 0 Å². The van der Waals surface area contributed by atoms with Gasteiger partial charge in [-0.2, -0.15) is 17.0 Å². The van der Waals surface area contributed by atoms with Crippen LogP contribution in [0.5, 0.6) is 0 Å². The summed E-state index contributed by atoms with van der Waals surface area (Å²) in [4.78, 5) is 0. The van der Waals surface area contributed by atoms with Gasteiger partial charge >= 0.3 is 0 Å². The maximum atomic E-state index is 12.3. The fraction of sp³-hybridized carbons (Fsp3) is 1.00. The van der Waals surface area contributed by atoms with Crippen molar-refractivity contribution in [2.24, 2.45) is 11.7 Å². The lowest BCUT2D eigenvalue weighted by molar-refractivity contribution is 0.173. The first-order valence-electron chi connectivity index (χ1n) is 6.02. The third-order valence-corrected chi connectivity index (χ3v) is 5.71. The third-order valence-electron chi connectivity index (χ3n) is 3.62. The molecular formula is C10H21N3O2S. The van der Waals surface area contributed by atoms with Gasteiger partial charge in [-0.15, -0.1) is 0 Å². The van der Waals surface area contributed by atoms with Crippen LogP contribution in [-0.4, -0.2) is 49.2 Å². The van der Waals surface area contributed by atoms with Crippen LogP contribution < -0.4 is 5.73 Å². The number of hydrogen-bond donors (Lipinski definition) is 1. The van der Waals surface area contributed by atoms with Crippen molar-refractivity contribution in [1.29, 1.82) is 0 Å². The average Bonchev–Trinajstić information content (AvgIpc) is 2.16. The highest BCUT2D eigenvalue weighted by atomic mass is 32.2. The lowest BCUT2D eigenvalue weighted by atomic mass is 10.0. The Kier molecular flexibility index (Phi) is 3.53. The first kappa shape index (κ1) is 12.3. The molecule has 0 amide bonds. The highest BCUT2D eigenvalue weighted by molar-refractivity contribution is 7.86. The molecular weight excluding hydrogens is 226 g/mol. The van der Waals surface area contributed by atoms with Gasteiger partial charge in [0.1, 0.15) is 0 Å². The Morgan fingerprint density at radius 3 is 2.56 bits per heavy atom. The summed E-state index contributed by atoms with van der Waals surface area (Å²) in [7, 11) is -3.21.